The summed E-state index contributed by atoms with van der Waals surface area (Å²) in [5.41, 5.74) is -0.926. The molecule has 1 unspecified atom stereocenters. The first-order chi connectivity index (χ1) is 20.8. The largest absolute Gasteiger partial charge is 0.450 e. The second-order valence-electron chi connectivity index (χ2n) is 10.2. The van der Waals surface area contributed by atoms with Gasteiger partial charge in [-0.15, -0.1) is 0 Å². The van der Waals surface area contributed by atoms with Crippen LogP contribution in [0.5, 0.6) is 0 Å². The number of carbonyl (C=O) groups is 2. The summed E-state index contributed by atoms with van der Waals surface area (Å²) in [6, 6.07) is 22.6. The number of thiazole rings is 1. The van der Waals surface area contributed by atoms with Crippen LogP contribution in [0.2, 0.25) is 10.0 Å². The van der Waals surface area contributed by atoms with Crippen molar-refractivity contribution in [1.82, 2.24) is 4.98 Å². The maximum absolute atomic E-state index is 15.0. The number of benzene rings is 4. The molecule has 0 fully saturated rings. The summed E-state index contributed by atoms with van der Waals surface area (Å²) in [5.74, 6) is -2.08. The molecular weight excluding hydrogens is 612 g/mol. The molecule has 6 aromatic rings. The highest BCUT2D eigenvalue weighted by atomic mass is 35.5. The molecule has 7 nitrogen and oxygen atoms in total. The monoisotopic (exact) mass is 627 g/mol. The highest BCUT2D eigenvalue weighted by Gasteiger charge is 2.66. The SMILES string of the molecule is O=C1c2oc3ccc(Cl)cc3c(=O)c2C2(C(=O)N(Cc3ccccc3F)c3ccccc32)N1c1nc2ccc(Cl)cc2s1. The molecule has 2 aliphatic rings. The fourth-order valence-corrected chi connectivity index (χ4v) is 7.54. The molecule has 0 bridgehead atoms. The smallest absolute Gasteiger partial charge is 0.297 e. The third-order valence-corrected chi connectivity index (χ3v) is 9.38. The first-order valence-electron chi connectivity index (χ1n) is 13.1. The van der Waals surface area contributed by atoms with Gasteiger partial charge in [-0.2, -0.15) is 0 Å². The van der Waals surface area contributed by atoms with Gasteiger partial charge in [-0.1, -0.05) is 70.9 Å². The standard InChI is InChI=1S/C32H16Cl2FN3O4S/c33-17-10-12-24-19(13-17)27(39)26-28(42-24)29(40)38(31-36-22-11-9-18(34)14-25(22)43-31)32(26)20-6-2-4-8-23(20)37(30(32)41)15-16-5-1-3-7-21(16)35/h1-14H,15H2. The predicted octanol–water partition coefficient (Wildman–Crippen LogP) is 7.30. The van der Waals surface area contributed by atoms with Gasteiger partial charge in [0.25, 0.3) is 11.8 Å². The fourth-order valence-electron chi connectivity index (χ4n) is 6.07. The number of halogens is 3. The van der Waals surface area contributed by atoms with Crippen molar-refractivity contribution in [1.29, 1.82) is 0 Å². The van der Waals surface area contributed by atoms with Gasteiger partial charge in [0.1, 0.15) is 11.4 Å². The van der Waals surface area contributed by atoms with Crippen LogP contribution in [0, 0.1) is 5.82 Å². The molecule has 4 aromatic carbocycles. The quantitative estimate of drug-likeness (QED) is 0.206. The molecule has 0 N–H and O–H groups in total. The third kappa shape index (κ3) is 3.53. The molecule has 8 rings (SSSR count). The average Bonchev–Trinajstić information content (AvgIpc) is 3.60. The van der Waals surface area contributed by atoms with Gasteiger partial charge in [0.2, 0.25) is 5.76 Å². The predicted molar refractivity (Wildman–Crippen MR) is 164 cm³/mol. The van der Waals surface area contributed by atoms with Crippen molar-refractivity contribution in [2.75, 3.05) is 9.80 Å². The fraction of sp³-hybridized carbons (Fsp3) is 0.0625. The lowest BCUT2D eigenvalue weighted by atomic mass is 9.84. The molecule has 0 radical (unpaired) electrons. The summed E-state index contributed by atoms with van der Waals surface area (Å²) in [7, 11) is 0. The van der Waals surface area contributed by atoms with Gasteiger partial charge in [-0.05, 0) is 48.5 Å². The molecule has 0 saturated carbocycles. The van der Waals surface area contributed by atoms with Crippen LogP contribution in [0.15, 0.2) is 94.1 Å². The van der Waals surface area contributed by atoms with Gasteiger partial charge in [-0.25, -0.2) is 9.37 Å². The van der Waals surface area contributed by atoms with E-state index in [0.29, 0.717) is 26.5 Å². The summed E-state index contributed by atoms with van der Waals surface area (Å²) in [6.45, 7) is -0.137. The maximum atomic E-state index is 15.0. The van der Waals surface area contributed by atoms with E-state index in [1.807, 2.05) is 0 Å². The van der Waals surface area contributed by atoms with Gasteiger partial charge in [0, 0.05) is 21.2 Å². The highest BCUT2D eigenvalue weighted by molar-refractivity contribution is 7.22. The van der Waals surface area contributed by atoms with Crippen molar-refractivity contribution in [2.24, 2.45) is 0 Å². The summed E-state index contributed by atoms with van der Waals surface area (Å²) in [6.07, 6.45) is 0. The molecule has 210 valence electrons. The Hall–Kier alpha value is -4.57. The molecule has 1 spiro atoms. The number of hydrogen-bond donors (Lipinski definition) is 0. The van der Waals surface area contributed by atoms with E-state index in [2.05, 4.69) is 0 Å². The van der Waals surface area contributed by atoms with Gasteiger partial charge >= 0.3 is 0 Å². The van der Waals surface area contributed by atoms with Gasteiger partial charge < -0.3 is 9.32 Å². The Balaban J connectivity index is 1.46. The van der Waals surface area contributed by atoms with Crippen LogP contribution in [0.25, 0.3) is 21.2 Å². The molecule has 1 atom stereocenters. The van der Waals surface area contributed by atoms with E-state index < -0.39 is 28.6 Å². The Morgan fingerprint density at radius 2 is 1.65 bits per heavy atom. The van der Waals surface area contributed by atoms with E-state index in [4.69, 9.17) is 32.6 Å². The molecule has 43 heavy (non-hydrogen) atoms. The summed E-state index contributed by atoms with van der Waals surface area (Å²) in [4.78, 5) is 51.1. The third-order valence-electron chi connectivity index (χ3n) is 7.90. The van der Waals surface area contributed by atoms with E-state index >= 15 is 0 Å². The minimum absolute atomic E-state index is 0.120. The van der Waals surface area contributed by atoms with Crippen molar-refractivity contribution in [3.05, 3.63) is 133 Å². The van der Waals surface area contributed by atoms with E-state index in [9.17, 15) is 18.8 Å². The number of anilines is 2. The van der Waals surface area contributed by atoms with Gasteiger partial charge in [0.15, 0.2) is 16.1 Å². The van der Waals surface area contributed by atoms with Crippen LogP contribution in [-0.2, 0) is 16.9 Å². The van der Waals surface area contributed by atoms with Crippen LogP contribution >= 0.6 is 34.5 Å². The van der Waals surface area contributed by atoms with Crippen LogP contribution < -0.4 is 15.2 Å². The Bertz CT molecular complexity index is 2270. The zero-order valence-electron chi connectivity index (χ0n) is 21.8. The number of amides is 2. The first kappa shape index (κ1) is 26.1. The summed E-state index contributed by atoms with van der Waals surface area (Å²) in [5, 5.41) is 1.06. The van der Waals surface area contributed by atoms with Crippen molar-refractivity contribution in [3.63, 3.8) is 0 Å². The van der Waals surface area contributed by atoms with E-state index in [0.717, 1.165) is 11.3 Å². The second-order valence-corrected chi connectivity index (χ2v) is 12.1. The molecule has 11 heteroatoms. The minimum atomic E-state index is -1.98. The van der Waals surface area contributed by atoms with Crippen molar-refractivity contribution in [3.8, 4) is 0 Å². The lowest BCUT2D eigenvalue weighted by Gasteiger charge is -2.32. The highest BCUT2D eigenvalue weighted by Crippen LogP contribution is 2.55. The first-order valence-corrected chi connectivity index (χ1v) is 14.7. The topological polar surface area (TPSA) is 83.7 Å². The lowest BCUT2D eigenvalue weighted by Crippen LogP contribution is -2.53. The zero-order valence-corrected chi connectivity index (χ0v) is 24.1. The number of hydrogen-bond acceptors (Lipinski definition) is 6. The summed E-state index contributed by atoms with van der Waals surface area (Å²) >= 11 is 13.7. The van der Waals surface area contributed by atoms with E-state index in [-0.39, 0.29) is 44.6 Å². The Labute approximate surface area is 256 Å². The number of fused-ring (bicyclic) bond motifs is 6. The maximum Gasteiger partial charge on any atom is 0.297 e. The number of aromatic nitrogens is 1. The van der Waals surface area contributed by atoms with Crippen LogP contribution in [0.3, 0.4) is 0 Å². The lowest BCUT2D eigenvalue weighted by molar-refractivity contribution is -0.121. The zero-order chi connectivity index (χ0) is 29.6. The van der Waals surface area contributed by atoms with E-state index in [1.54, 1.807) is 66.7 Å². The van der Waals surface area contributed by atoms with Crippen molar-refractivity contribution in [2.45, 2.75) is 12.1 Å². The Morgan fingerprint density at radius 3 is 2.49 bits per heavy atom. The van der Waals surface area contributed by atoms with Crippen molar-refractivity contribution < 1.29 is 18.4 Å². The van der Waals surface area contributed by atoms with E-state index in [1.165, 1.54) is 28.0 Å². The molecule has 0 saturated heterocycles. The molecule has 2 amide bonds. The molecule has 2 aliphatic heterocycles. The molecule has 0 aliphatic carbocycles. The summed E-state index contributed by atoms with van der Waals surface area (Å²) < 4.78 is 21.7. The number of para-hydroxylation sites is 1. The Kier molecular flexibility index (Phi) is 5.59. The van der Waals surface area contributed by atoms with Crippen LogP contribution in [0.1, 0.15) is 27.2 Å². The average molecular weight is 628 g/mol. The molecular formula is C32H16Cl2FN3O4S. The Morgan fingerprint density at radius 1 is 0.907 bits per heavy atom. The normalized spacial score (nSPS) is 17.5. The molecule has 2 aromatic heterocycles. The van der Waals surface area contributed by atoms with Gasteiger partial charge in [0.05, 0.1) is 33.4 Å². The number of rotatable bonds is 3. The van der Waals surface area contributed by atoms with Crippen LogP contribution in [0.4, 0.5) is 15.2 Å². The second kappa shape index (κ2) is 9.21. The van der Waals surface area contributed by atoms with Crippen LogP contribution in [-0.4, -0.2) is 16.8 Å². The number of nitrogens with zero attached hydrogens (tertiary/aromatic N) is 3. The molecule has 4 heterocycles. The van der Waals surface area contributed by atoms with Crippen molar-refractivity contribution >= 4 is 78.4 Å². The minimum Gasteiger partial charge on any atom is -0.450 e. The van der Waals surface area contributed by atoms with Gasteiger partial charge in [-0.3, -0.25) is 19.3 Å². The number of carbonyl (C=O) groups excluding carboxylic acids is 2.